The number of aromatic nitrogens is 3. The van der Waals surface area contributed by atoms with Gasteiger partial charge >= 0.3 is 0 Å². The number of carbonyl (C=O) groups excluding carboxylic acids is 1. The molecule has 0 spiro atoms. The monoisotopic (exact) mass is 538 g/mol. The van der Waals surface area contributed by atoms with Gasteiger partial charge < -0.3 is 15.4 Å². The normalized spacial score (nSPS) is 17.0. The van der Waals surface area contributed by atoms with Gasteiger partial charge in [-0.1, -0.05) is 6.92 Å². The number of anilines is 2. The lowest BCUT2D eigenvalue weighted by atomic mass is 9.90. The van der Waals surface area contributed by atoms with Crippen molar-refractivity contribution in [1.82, 2.24) is 19.7 Å². The SMILES string of the molecule is Cc1cc(-c2ccc(C(=O)NS(=O)(=O)c3cccnc3N)c(N3CCC(C)C3(C)C)n2)cnc1OC(C)C. The number of amides is 1. The van der Waals surface area contributed by atoms with Crippen LogP contribution in [0, 0.1) is 12.8 Å². The highest BCUT2D eigenvalue weighted by Crippen LogP contribution is 2.39. The first-order valence-corrected chi connectivity index (χ1v) is 14.0. The van der Waals surface area contributed by atoms with Crippen LogP contribution in [0.3, 0.4) is 0 Å². The maximum Gasteiger partial charge on any atom is 0.268 e. The number of hydrogen-bond acceptors (Lipinski definition) is 9. The second kappa shape index (κ2) is 10.2. The molecule has 0 aliphatic carbocycles. The Morgan fingerprint density at radius 1 is 1.24 bits per heavy atom. The molecule has 3 N–H and O–H groups in total. The van der Waals surface area contributed by atoms with Crippen molar-refractivity contribution in [3.05, 3.63) is 53.9 Å². The fraction of sp³-hybridized carbons (Fsp3) is 0.407. The van der Waals surface area contributed by atoms with Gasteiger partial charge in [-0.25, -0.2) is 28.1 Å². The van der Waals surface area contributed by atoms with E-state index in [9.17, 15) is 13.2 Å². The van der Waals surface area contributed by atoms with Crippen LogP contribution in [-0.2, 0) is 10.0 Å². The zero-order valence-corrected chi connectivity index (χ0v) is 23.3. The van der Waals surface area contributed by atoms with E-state index in [2.05, 4.69) is 40.4 Å². The number of nitrogens with zero attached hydrogens (tertiary/aromatic N) is 4. The van der Waals surface area contributed by atoms with Crippen LogP contribution in [0.15, 0.2) is 47.6 Å². The molecule has 1 saturated heterocycles. The Balaban J connectivity index is 1.77. The molecule has 1 fully saturated rings. The highest BCUT2D eigenvalue weighted by molar-refractivity contribution is 7.90. The van der Waals surface area contributed by atoms with E-state index in [1.165, 1.54) is 18.3 Å². The van der Waals surface area contributed by atoms with Crippen molar-refractivity contribution in [1.29, 1.82) is 0 Å². The predicted octanol–water partition coefficient (Wildman–Crippen LogP) is 3.96. The summed E-state index contributed by atoms with van der Waals surface area (Å²) >= 11 is 0. The summed E-state index contributed by atoms with van der Waals surface area (Å²) in [7, 11) is -4.26. The third-order valence-corrected chi connectivity index (χ3v) is 8.43. The molecular formula is C27H34N6O4S. The van der Waals surface area contributed by atoms with Crippen LogP contribution in [-0.4, -0.2) is 47.5 Å². The zero-order chi connectivity index (χ0) is 27.8. The molecule has 1 unspecified atom stereocenters. The van der Waals surface area contributed by atoms with Crippen LogP contribution in [0.25, 0.3) is 11.3 Å². The summed E-state index contributed by atoms with van der Waals surface area (Å²) in [6, 6.07) is 7.97. The van der Waals surface area contributed by atoms with Crippen LogP contribution in [0.1, 0.15) is 57.0 Å². The lowest BCUT2D eigenvalue weighted by Crippen LogP contribution is -2.43. The quantitative estimate of drug-likeness (QED) is 0.457. The molecule has 1 aliphatic heterocycles. The van der Waals surface area contributed by atoms with Gasteiger partial charge in [-0.05, 0) is 77.3 Å². The van der Waals surface area contributed by atoms with Gasteiger partial charge in [0.05, 0.1) is 17.4 Å². The lowest BCUT2D eigenvalue weighted by Gasteiger charge is -2.36. The van der Waals surface area contributed by atoms with Gasteiger partial charge in [-0.2, -0.15) is 0 Å². The molecule has 4 rings (SSSR count). The van der Waals surface area contributed by atoms with E-state index in [1.807, 2.05) is 26.8 Å². The van der Waals surface area contributed by atoms with E-state index in [1.54, 1.807) is 18.3 Å². The van der Waals surface area contributed by atoms with Crippen molar-refractivity contribution in [3.63, 3.8) is 0 Å². The van der Waals surface area contributed by atoms with E-state index in [-0.39, 0.29) is 27.9 Å². The standard InChI is InChI=1S/C27H34N6O4S/c1-16(2)37-26-17(3)14-19(15-30-26)21-10-9-20(24(31-21)33-13-11-18(4)27(33,5)6)25(34)32-38(35,36)22-8-7-12-29-23(22)28/h7-10,12,14-16,18H,11,13H2,1-6H3,(H2,28,29)(H,32,34). The van der Waals surface area contributed by atoms with Gasteiger partial charge in [0.1, 0.15) is 16.5 Å². The third-order valence-electron chi connectivity index (χ3n) is 7.05. The van der Waals surface area contributed by atoms with Gasteiger partial charge in [-0.3, -0.25) is 4.79 Å². The fourth-order valence-electron chi connectivity index (χ4n) is 4.51. The van der Waals surface area contributed by atoms with Crippen LogP contribution in [0.5, 0.6) is 5.88 Å². The number of pyridine rings is 3. The van der Waals surface area contributed by atoms with Crippen molar-refractivity contribution in [2.24, 2.45) is 5.92 Å². The molecule has 4 heterocycles. The van der Waals surface area contributed by atoms with Crippen molar-refractivity contribution >= 4 is 27.6 Å². The lowest BCUT2D eigenvalue weighted by molar-refractivity contribution is 0.0981. The number of rotatable bonds is 7. The number of ether oxygens (including phenoxy) is 1. The number of nitrogens with one attached hydrogen (secondary N) is 1. The Kier molecular flexibility index (Phi) is 7.33. The van der Waals surface area contributed by atoms with Crippen molar-refractivity contribution in [2.45, 2.75) is 64.5 Å². The minimum atomic E-state index is -4.26. The molecule has 0 saturated carbocycles. The first kappa shape index (κ1) is 27.3. The van der Waals surface area contributed by atoms with Crippen molar-refractivity contribution in [2.75, 3.05) is 17.2 Å². The van der Waals surface area contributed by atoms with Gasteiger partial charge in [-0.15, -0.1) is 0 Å². The van der Waals surface area contributed by atoms with Crippen molar-refractivity contribution < 1.29 is 17.9 Å². The Labute approximate surface area is 223 Å². The van der Waals surface area contributed by atoms with E-state index in [0.717, 1.165) is 17.5 Å². The number of carbonyl (C=O) groups is 1. The van der Waals surface area contributed by atoms with Crippen LogP contribution < -0.4 is 20.1 Å². The number of hydrogen-bond donors (Lipinski definition) is 2. The first-order valence-electron chi connectivity index (χ1n) is 12.5. The molecule has 1 aliphatic rings. The predicted molar refractivity (Wildman–Crippen MR) is 146 cm³/mol. The molecule has 38 heavy (non-hydrogen) atoms. The Morgan fingerprint density at radius 2 is 1.97 bits per heavy atom. The van der Waals surface area contributed by atoms with Crippen molar-refractivity contribution in [3.8, 4) is 17.1 Å². The summed E-state index contributed by atoms with van der Waals surface area (Å²) < 4.78 is 33.9. The number of nitrogen functional groups attached to an aromatic ring is 1. The van der Waals surface area contributed by atoms with Crippen LogP contribution in [0.4, 0.5) is 11.6 Å². The van der Waals surface area contributed by atoms with E-state index in [4.69, 9.17) is 15.5 Å². The van der Waals surface area contributed by atoms with E-state index >= 15 is 0 Å². The zero-order valence-electron chi connectivity index (χ0n) is 22.5. The molecule has 10 nitrogen and oxygen atoms in total. The average Bonchev–Trinajstić information content (AvgIpc) is 3.11. The van der Waals surface area contributed by atoms with Crippen LogP contribution in [0.2, 0.25) is 0 Å². The van der Waals surface area contributed by atoms with Crippen LogP contribution >= 0.6 is 0 Å². The molecule has 1 amide bonds. The third kappa shape index (κ3) is 5.28. The summed E-state index contributed by atoms with van der Waals surface area (Å²) in [6.07, 6.45) is 3.97. The molecule has 0 bridgehead atoms. The minimum Gasteiger partial charge on any atom is -0.475 e. The van der Waals surface area contributed by atoms with E-state index < -0.39 is 15.9 Å². The first-order chi connectivity index (χ1) is 17.8. The Hall–Kier alpha value is -3.73. The molecule has 3 aromatic rings. The fourth-order valence-corrected chi connectivity index (χ4v) is 5.56. The topological polar surface area (TPSA) is 140 Å². The molecule has 11 heteroatoms. The number of sulfonamides is 1. The summed E-state index contributed by atoms with van der Waals surface area (Å²) in [4.78, 5) is 28.4. The highest BCUT2D eigenvalue weighted by Gasteiger charge is 2.41. The van der Waals surface area contributed by atoms with Gasteiger partial charge in [0.2, 0.25) is 5.88 Å². The summed E-state index contributed by atoms with van der Waals surface area (Å²) in [5.41, 5.74) is 7.82. The maximum atomic E-state index is 13.4. The molecule has 202 valence electrons. The van der Waals surface area contributed by atoms with Gasteiger partial charge in [0.25, 0.3) is 15.9 Å². The summed E-state index contributed by atoms with van der Waals surface area (Å²) in [6.45, 7) is 12.8. The molecular weight excluding hydrogens is 504 g/mol. The average molecular weight is 539 g/mol. The number of nitrogens with two attached hydrogens (primary N) is 1. The second-order valence-electron chi connectivity index (χ2n) is 10.4. The van der Waals surface area contributed by atoms with Gasteiger partial charge in [0.15, 0.2) is 0 Å². The number of aryl methyl sites for hydroxylation is 1. The highest BCUT2D eigenvalue weighted by atomic mass is 32.2. The Morgan fingerprint density at radius 3 is 2.58 bits per heavy atom. The second-order valence-corrected chi connectivity index (χ2v) is 12.0. The molecule has 0 aromatic carbocycles. The largest absolute Gasteiger partial charge is 0.475 e. The van der Waals surface area contributed by atoms with E-state index in [0.29, 0.717) is 29.9 Å². The Bertz CT molecular complexity index is 1470. The minimum absolute atomic E-state index is 0.00717. The summed E-state index contributed by atoms with van der Waals surface area (Å²) in [5, 5.41) is 0. The molecule has 0 radical (unpaired) electrons. The molecule has 3 aromatic heterocycles. The maximum absolute atomic E-state index is 13.4. The van der Waals surface area contributed by atoms with Gasteiger partial charge in [0, 0.05) is 35.6 Å². The smallest absolute Gasteiger partial charge is 0.268 e. The molecule has 1 atom stereocenters. The summed E-state index contributed by atoms with van der Waals surface area (Å²) in [5.74, 6) is 0.300.